The summed E-state index contributed by atoms with van der Waals surface area (Å²) in [6.07, 6.45) is 0.929. The minimum absolute atomic E-state index is 0. The number of aliphatic imine (C=N–C) groups is 1. The largest absolute Gasteiger partial charge is 0.382 e. The molecule has 8 heteroatoms. The Labute approximate surface area is 186 Å². The zero-order valence-electron chi connectivity index (χ0n) is 17.1. The number of guanidine groups is 1. The lowest BCUT2D eigenvalue weighted by Crippen LogP contribution is -2.38. The van der Waals surface area contributed by atoms with Gasteiger partial charge in [-0.15, -0.1) is 24.0 Å². The Morgan fingerprint density at radius 2 is 1.86 bits per heavy atom. The average molecular weight is 506 g/mol. The van der Waals surface area contributed by atoms with Crippen molar-refractivity contribution in [2.24, 2.45) is 4.99 Å². The molecule has 7 nitrogen and oxygen atoms in total. The maximum Gasteiger partial charge on any atom is 0.191 e. The van der Waals surface area contributed by atoms with Gasteiger partial charge in [0, 0.05) is 53.5 Å². The number of morpholine rings is 1. The summed E-state index contributed by atoms with van der Waals surface area (Å²) >= 11 is 0. The van der Waals surface area contributed by atoms with Crippen LogP contribution in [0.5, 0.6) is 0 Å². The Bertz CT molecular complexity index is 554. The molecule has 0 bridgehead atoms. The molecule has 0 saturated carbocycles. The molecule has 1 aromatic rings. The Morgan fingerprint density at radius 1 is 1.11 bits per heavy atom. The zero-order chi connectivity index (χ0) is 19.2. The number of nitrogens with one attached hydrogen (secondary N) is 2. The van der Waals surface area contributed by atoms with Crippen molar-refractivity contribution in [1.29, 1.82) is 0 Å². The van der Waals surface area contributed by atoms with Gasteiger partial charge in [0.15, 0.2) is 5.96 Å². The molecule has 0 aliphatic carbocycles. The van der Waals surface area contributed by atoms with Crippen LogP contribution in [0.3, 0.4) is 0 Å². The van der Waals surface area contributed by atoms with Crippen molar-refractivity contribution < 1.29 is 14.2 Å². The summed E-state index contributed by atoms with van der Waals surface area (Å²) in [6, 6.07) is 8.59. The number of hydrogen-bond donors (Lipinski definition) is 2. The summed E-state index contributed by atoms with van der Waals surface area (Å²) in [5.41, 5.74) is 2.66. The van der Waals surface area contributed by atoms with Crippen LogP contribution in [0, 0.1) is 0 Å². The number of benzene rings is 1. The van der Waals surface area contributed by atoms with Crippen LogP contribution in [-0.4, -0.2) is 77.7 Å². The minimum Gasteiger partial charge on any atom is -0.382 e. The first-order valence-corrected chi connectivity index (χ1v) is 9.71. The second kappa shape index (κ2) is 15.9. The van der Waals surface area contributed by atoms with Crippen LogP contribution in [0.25, 0.3) is 0 Å². The summed E-state index contributed by atoms with van der Waals surface area (Å²) in [7, 11) is 3.48. The molecule has 0 amide bonds. The van der Waals surface area contributed by atoms with Crippen LogP contribution in [0.15, 0.2) is 29.3 Å². The summed E-state index contributed by atoms with van der Waals surface area (Å²) in [5, 5.41) is 6.74. The lowest BCUT2D eigenvalue weighted by Gasteiger charge is -2.27. The predicted octanol–water partition coefficient (Wildman–Crippen LogP) is 1.85. The van der Waals surface area contributed by atoms with Crippen molar-refractivity contribution >= 4 is 29.9 Å². The molecule has 0 spiro atoms. The second-order valence-electron chi connectivity index (χ2n) is 6.47. The van der Waals surface area contributed by atoms with Crippen molar-refractivity contribution in [3.8, 4) is 0 Å². The second-order valence-corrected chi connectivity index (χ2v) is 6.47. The van der Waals surface area contributed by atoms with E-state index in [-0.39, 0.29) is 24.0 Å². The molecule has 0 aromatic heterocycles. The van der Waals surface area contributed by atoms with Crippen LogP contribution in [-0.2, 0) is 27.3 Å². The molecular weight excluding hydrogens is 471 g/mol. The topological polar surface area (TPSA) is 67.4 Å². The summed E-state index contributed by atoms with van der Waals surface area (Å²) in [4.78, 5) is 6.75. The van der Waals surface area contributed by atoms with Gasteiger partial charge < -0.3 is 24.8 Å². The van der Waals surface area contributed by atoms with E-state index in [1.807, 2.05) is 0 Å². The van der Waals surface area contributed by atoms with Gasteiger partial charge in [-0.25, -0.2) is 0 Å². The molecule has 0 unspecified atom stereocenters. The molecule has 0 atom stereocenters. The van der Waals surface area contributed by atoms with E-state index in [4.69, 9.17) is 14.2 Å². The number of ether oxygens (including phenoxy) is 3. The molecular formula is C20H35IN4O3. The number of hydrogen-bond acceptors (Lipinski definition) is 5. The van der Waals surface area contributed by atoms with Gasteiger partial charge >= 0.3 is 0 Å². The molecule has 28 heavy (non-hydrogen) atoms. The number of nitrogens with zero attached hydrogens (tertiary/aromatic N) is 2. The first-order chi connectivity index (χ1) is 13.3. The van der Waals surface area contributed by atoms with Crippen LogP contribution in [0.4, 0.5) is 0 Å². The molecule has 1 aromatic carbocycles. The third kappa shape index (κ3) is 10.0. The summed E-state index contributed by atoms with van der Waals surface area (Å²) < 4.78 is 15.9. The predicted molar refractivity (Wildman–Crippen MR) is 123 cm³/mol. The van der Waals surface area contributed by atoms with Gasteiger partial charge in [-0.05, 0) is 17.5 Å². The standard InChI is InChI=1S/C20H34N4O3.HI/c1-21-20(22-8-5-11-26-15-14-25-2)23-16-18-6-3-4-7-19(18)17-24-9-12-27-13-10-24;/h3-4,6-7H,5,8-17H2,1-2H3,(H2,21,22,23);1H. The van der Waals surface area contributed by atoms with Crippen molar-refractivity contribution in [2.75, 3.05) is 66.8 Å². The molecule has 2 N–H and O–H groups in total. The monoisotopic (exact) mass is 506 g/mol. The maximum absolute atomic E-state index is 5.47. The van der Waals surface area contributed by atoms with E-state index in [9.17, 15) is 0 Å². The summed E-state index contributed by atoms with van der Waals surface area (Å²) in [6.45, 7) is 8.19. The lowest BCUT2D eigenvalue weighted by atomic mass is 10.1. The quantitative estimate of drug-likeness (QED) is 0.207. The SMILES string of the molecule is CN=C(NCCCOCCOC)NCc1ccccc1CN1CCOCC1.I. The average Bonchev–Trinajstić information content (AvgIpc) is 2.71. The van der Waals surface area contributed by atoms with Crippen molar-refractivity contribution in [3.05, 3.63) is 35.4 Å². The molecule has 1 fully saturated rings. The molecule has 1 heterocycles. The van der Waals surface area contributed by atoms with E-state index < -0.39 is 0 Å². The lowest BCUT2D eigenvalue weighted by molar-refractivity contribution is 0.0341. The number of methoxy groups -OCH3 is 1. The Balaban J connectivity index is 0.00000392. The van der Waals surface area contributed by atoms with Gasteiger partial charge in [0.2, 0.25) is 0 Å². The smallest absolute Gasteiger partial charge is 0.191 e. The van der Waals surface area contributed by atoms with Crippen LogP contribution >= 0.6 is 24.0 Å². The van der Waals surface area contributed by atoms with Gasteiger partial charge in [-0.3, -0.25) is 9.89 Å². The fraction of sp³-hybridized carbons (Fsp3) is 0.650. The molecule has 160 valence electrons. The van der Waals surface area contributed by atoms with E-state index in [0.717, 1.165) is 64.9 Å². The highest BCUT2D eigenvalue weighted by Crippen LogP contribution is 2.12. The van der Waals surface area contributed by atoms with E-state index in [1.165, 1.54) is 11.1 Å². The fourth-order valence-corrected chi connectivity index (χ4v) is 2.91. The Kier molecular flexibility index (Phi) is 14.3. The molecule has 1 saturated heterocycles. The fourth-order valence-electron chi connectivity index (χ4n) is 2.91. The highest BCUT2D eigenvalue weighted by molar-refractivity contribution is 14.0. The van der Waals surface area contributed by atoms with Crippen LogP contribution in [0.1, 0.15) is 17.5 Å². The Morgan fingerprint density at radius 3 is 2.57 bits per heavy atom. The zero-order valence-corrected chi connectivity index (χ0v) is 19.4. The molecule has 1 aliphatic heterocycles. The van der Waals surface area contributed by atoms with Crippen molar-refractivity contribution in [2.45, 2.75) is 19.5 Å². The Hall–Kier alpha value is -0.940. The third-order valence-electron chi connectivity index (χ3n) is 4.48. The van der Waals surface area contributed by atoms with Gasteiger partial charge in [-0.2, -0.15) is 0 Å². The third-order valence-corrected chi connectivity index (χ3v) is 4.48. The summed E-state index contributed by atoms with van der Waals surface area (Å²) in [5.74, 6) is 0.813. The van der Waals surface area contributed by atoms with Gasteiger partial charge in [0.05, 0.1) is 26.4 Å². The van der Waals surface area contributed by atoms with Gasteiger partial charge in [0.1, 0.15) is 0 Å². The minimum atomic E-state index is 0. The molecule has 1 aliphatic rings. The van der Waals surface area contributed by atoms with E-state index >= 15 is 0 Å². The van der Waals surface area contributed by atoms with E-state index in [1.54, 1.807) is 14.2 Å². The number of halogens is 1. The van der Waals surface area contributed by atoms with Crippen LogP contribution in [0.2, 0.25) is 0 Å². The molecule has 2 rings (SSSR count). The first kappa shape index (κ1) is 25.1. The highest BCUT2D eigenvalue weighted by atomic mass is 127. The highest BCUT2D eigenvalue weighted by Gasteiger charge is 2.12. The van der Waals surface area contributed by atoms with Gasteiger partial charge in [-0.1, -0.05) is 24.3 Å². The van der Waals surface area contributed by atoms with Crippen LogP contribution < -0.4 is 10.6 Å². The van der Waals surface area contributed by atoms with Crippen molar-refractivity contribution in [3.63, 3.8) is 0 Å². The molecule has 0 radical (unpaired) electrons. The number of rotatable bonds is 11. The first-order valence-electron chi connectivity index (χ1n) is 9.71. The van der Waals surface area contributed by atoms with E-state index in [2.05, 4.69) is 44.8 Å². The van der Waals surface area contributed by atoms with E-state index in [0.29, 0.717) is 13.2 Å². The maximum atomic E-state index is 5.47. The van der Waals surface area contributed by atoms with Gasteiger partial charge in [0.25, 0.3) is 0 Å². The van der Waals surface area contributed by atoms with Crippen molar-refractivity contribution in [1.82, 2.24) is 15.5 Å². The normalized spacial score (nSPS) is 15.1.